The second-order valence-electron chi connectivity index (χ2n) is 8.28. The molecule has 1 atom stereocenters. The molecule has 5 heterocycles. The van der Waals surface area contributed by atoms with Gasteiger partial charge in [0.05, 0.1) is 23.2 Å². The molecule has 0 radical (unpaired) electrons. The lowest BCUT2D eigenvalue weighted by Gasteiger charge is -2.32. The Balaban J connectivity index is 1.41. The second-order valence-corrected chi connectivity index (χ2v) is 8.28. The van der Waals surface area contributed by atoms with E-state index in [1.54, 1.807) is 11.2 Å². The van der Waals surface area contributed by atoms with Gasteiger partial charge in [0.1, 0.15) is 6.04 Å². The average Bonchev–Trinajstić information content (AvgIpc) is 3.49. The summed E-state index contributed by atoms with van der Waals surface area (Å²) in [4.78, 5) is 23.0. The van der Waals surface area contributed by atoms with Crippen molar-refractivity contribution in [1.29, 1.82) is 0 Å². The van der Waals surface area contributed by atoms with Crippen molar-refractivity contribution in [1.82, 2.24) is 34.7 Å². The molecule has 0 spiro atoms. The predicted octanol–water partition coefficient (Wildman–Crippen LogP) is 3.06. The number of fused-ring (bicyclic) bond motifs is 2. The minimum absolute atomic E-state index is 0.0453. The quantitative estimate of drug-likeness (QED) is 0.547. The molecule has 4 aromatic rings. The van der Waals surface area contributed by atoms with E-state index in [0.29, 0.717) is 18.9 Å². The summed E-state index contributed by atoms with van der Waals surface area (Å²) >= 11 is 0. The van der Waals surface area contributed by atoms with Crippen molar-refractivity contribution < 1.29 is 9.21 Å². The normalized spacial score (nSPS) is 18.9. The van der Waals surface area contributed by atoms with Crippen LogP contribution in [0, 0.1) is 0 Å². The van der Waals surface area contributed by atoms with Gasteiger partial charge in [0.2, 0.25) is 5.89 Å². The minimum Gasteiger partial charge on any atom is -0.417 e. The molecule has 1 aliphatic carbocycles. The first-order chi connectivity index (χ1) is 15.2. The molecule has 4 aromatic heterocycles. The molecule has 31 heavy (non-hydrogen) atoms. The van der Waals surface area contributed by atoms with Gasteiger partial charge < -0.3 is 14.3 Å². The molecule has 1 N–H and O–H groups in total. The maximum absolute atomic E-state index is 13.5. The Kier molecular flexibility index (Phi) is 4.15. The van der Waals surface area contributed by atoms with Crippen LogP contribution in [-0.2, 0) is 12.8 Å². The van der Waals surface area contributed by atoms with Gasteiger partial charge in [-0.25, -0.2) is 9.50 Å². The largest absolute Gasteiger partial charge is 0.417 e. The summed E-state index contributed by atoms with van der Waals surface area (Å²) in [6, 6.07) is 5.74. The van der Waals surface area contributed by atoms with Gasteiger partial charge in [-0.05, 0) is 37.0 Å². The molecule has 2 aliphatic rings. The number of carbonyl (C=O) groups excluding carboxylic acids is 1. The Hall–Kier alpha value is -3.49. The summed E-state index contributed by atoms with van der Waals surface area (Å²) in [7, 11) is 0. The number of imidazole rings is 1. The van der Waals surface area contributed by atoms with Gasteiger partial charge in [0.25, 0.3) is 0 Å². The third kappa shape index (κ3) is 2.87. The van der Waals surface area contributed by atoms with Crippen LogP contribution in [0.5, 0.6) is 0 Å². The van der Waals surface area contributed by atoms with Crippen molar-refractivity contribution >= 4 is 11.4 Å². The van der Waals surface area contributed by atoms with Crippen LogP contribution in [0.15, 0.2) is 35.1 Å². The van der Waals surface area contributed by atoms with Crippen molar-refractivity contribution in [3.63, 3.8) is 0 Å². The number of pyridine rings is 1. The Morgan fingerprint density at radius 2 is 2.23 bits per heavy atom. The number of hydrogen-bond acceptors (Lipinski definition) is 6. The number of aryl methyl sites for hydroxylation is 1. The summed E-state index contributed by atoms with van der Waals surface area (Å²) in [5.74, 6) is 0.632. The highest BCUT2D eigenvalue weighted by Gasteiger charge is 2.38. The monoisotopic (exact) mass is 417 g/mol. The fraction of sp³-hybridized carbons (Fsp3) is 0.409. The number of aromatic nitrogens is 6. The van der Waals surface area contributed by atoms with E-state index in [-0.39, 0.29) is 17.7 Å². The van der Waals surface area contributed by atoms with E-state index in [4.69, 9.17) is 9.52 Å². The summed E-state index contributed by atoms with van der Waals surface area (Å²) in [5.41, 5.74) is 4.88. The van der Waals surface area contributed by atoms with E-state index in [0.717, 1.165) is 41.9 Å². The average molecular weight is 417 g/mol. The van der Waals surface area contributed by atoms with Gasteiger partial charge in [-0.2, -0.15) is 5.10 Å². The standard InChI is InChI=1S/C22H23N7O2/c1-2-13-7-4-9-29-17(13)11-16(27-29)19-18-15(23-12-24-18)8-10-28(19)22(30)21-26-25-20(31-21)14-5-3-6-14/h4,7,9,11-12,14,19H,2-3,5-6,8,10H2,1H3,(H,23,24)/t19-/m1/s1. The molecular weight excluding hydrogens is 394 g/mol. The zero-order valence-corrected chi connectivity index (χ0v) is 17.3. The van der Waals surface area contributed by atoms with E-state index in [1.165, 1.54) is 12.0 Å². The third-order valence-electron chi connectivity index (χ3n) is 6.53. The van der Waals surface area contributed by atoms with Gasteiger partial charge in [-0.15, -0.1) is 10.2 Å². The molecule has 0 saturated heterocycles. The molecule has 1 amide bonds. The highest BCUT2D eigenvalue weighted by molar-refractivity contribution is 5.90. The predicted molar refractivity (Wildman–Crippen MR) is 111 cm³/mol. The molecule has 9 heteroatoms. The Morgan fingerprint density at radius 3 is 3.03 bits per heavy atom. The van der Waals surface area contributed by atoms with Gasteiger partial charge >= 0.3 is 11.8 Å². The number of carbonyl (C=O) groups is 1. The van der Waals surface area contributed by atoms with Crippen molar-refractivity contribution in [3.8, 4) is 0 Å². The van der Waals surface area contributed by atoms with Crippen LogP contribution in [0.1, 0.15) is 77.4 Å². The summed E-state index contributed by atoms with van der Waals surface area (Å²) in [6.45, 7) is 2.65. The zero-order chi connectivity index (χ0) is 20.9. The van der Waals surface area contributed by atoms with Gasteiger partial charge in [0, 0.05) is 30.8 Å². The number of nitrogens with zero attached hydrogens (tertiary/aromatic N) is 6. The van der Waals surface area contributed by atoms with Crippen LogP contribution >= 0.6 is 0 Å². The zero-order valence-electron chi connectivity index (χ0n) is 17.3. The maximum atomic E-state index is 13.5. The number of H-pyrrole nitrogens is 1. The molecule has 1 saturated carbocycles. The van der Waals surface area contributed by atoms with Crippen LogP contribution in [0.25, 0.3) is 5.52 Å². The lowest BCUT2D eigenvalue weighted by molar-refractivity contribution is 0.0642. The number of rotatable bonds is 4. The first kappa shape index (κ1) is 18.3. The molecule has 0 aromatic carbocycles. The number of amides is 1. The lowest BCUT2D eigenvalue weighted by Crippen LogP contribution is -2.41. The van der Waals surface area contributed by atoms with Gasteiger partial charge in [-0.1, -0.05) is 19.4 Å². The first-order valence-electron chi connectivity index (χ1n) is 10.9. The fourth-order valence-corrected chi connectivity index (χ4v) is 4.58. The van der Waals surface area contributed by atoms with E-state index in [2.05, 4.69) is 39.2 Å². The lowest BCUT2D eigenvalue weighted by atomic mass is 9.85. The summed E-state index contributed by atoms with van der Waals surface area (Å²) < 4.78 is 7.66. The van der Waals surface area contributed by atoms with Crippen LogP contribution < -0.4 is 0 Å². The van der Waals surface area contributed by atoms with E-state index >= 15 is 0 Å². The van der Waals surface area contributed by atoms with Crippen LogP contribution in [-0.4, -0.2) is 47.1 Å². The van der Waals surface area contributed by atoms with Gasteiger partial charge in [0.15, 0.2) is 0 Å². The third-order valence-corrected chi connectivity index (χ3v) is 6.53. The van der Waals surface area contributed by atoms with Gasteiger partial charge in [-0.3, -0.25) is 4.79 Å². The Labute approximate surface area is 178 Å². The van der Waals surface area contributed by atoms with Crippen molar-refractivity contribution in [3.05, 3.63) is 65.1 Å². The Morgan fingerprint density at radius 1 is 1.32 bits per heavy atom. The summed E-state index contributed by atoms with van der Waals surface area (Å²) in [5, 5.41) is 13.0. The van der Waals surface area contributed by atoms with Crippen LogP contribution in [0.3, 0.4) is 0 Å². The smallest absolute Gasteiger partial charge is 0.312 e. The molecule has 158 valence electrons. The van der Waals surface area contributed by atoms with E-state index in [9.17, 15) is 4.79 Å². The van der Waals surface area contributed by atoms with Crippen LogP contribution in [0.2, 0.25) is 0 Å². The van der Waals surface area contributed by atoms with E-state index < -0.39 is 6.04 Å². The highest BCUT2D eigenvalue weighted by Crippen LogP contribution is 2.37. The number of aromatic amines is 1. The molecule has 6 rings (SSSR count). The fourth-order valence-electron chi connectivity index (χ4n) is 4.58. The topological polar surface area (TPSA) is 105 Å². The SMILES string of the molecule is CCc1cccn2nc([C@@H]3c4nc[nH]c4CCN3C(=O)c3nnc(C4CCC4)o3)cc12. The molecule has 1 fully saturated rings. The van der Waals surface area contributed by atoms with E-state index in [1.807, 2.05) is 16.8 Å². The minimum atomic E-state index is -0.411. The molecule has 0 unspecified atom stereocenters. The number of nitrogens with one attached hydrogen (secondary N) is 1. The number of hydrogen-bond donors (Lipinski definition) is 1. The maximum Gasteiger partial charge on any atom is 0.312 e. The molecule has 9 nitrogen and oxygen atoms in total. The van der Waals surface area contributed by atoms with Crippen molar-refractivity contribution in [2.24, 2.45) is 0 Å². The highest BCUT2D eigenvalue weighted by atomic mass is 16.4. The summed E-state index contributed by atoms with van der Waals surface area (Å²) in [6.07, 6.45) is 8.46. The van der Waals surface area contributed by atoms with Crippen molar-refractivity contribution in [2.75, 3.05) is 6.54 Å². The second kappa shape index (κ2) is 7.04. The first-order valence-corrected chi connectivity index (χ1v) is 10.9. The molecular formula is C22H23N7O2. The van der Waals surface area contributed by atoms with Crippen LogP contribution in [0.4, 0.5) is 0 Å². The molecule has 0 bridgehead atoms. The van der Waals surface area contributed by atoms with Crippen molar-refractivity contribution in [2.45, 2.75) is 51.0 Å². The molecule has 1 aliphatic heterocycles. The Bertz CT molecular complexity index is 1270.